The zero-order valence-electron chi connectivity index (χ0n) is 12.9. The number of rotatable bonds is 2. The summed E-state index contributed by atoms with van der Waals surface area (Å²) < 4.78 is 5.56. The lowest BCUT2D eigenvalue weighted by Crippen LogP contribution is -2.37. The summed E-state index contributed by atoms with van der Waals surface area (Å²) in [6.45, 7) is 6.89. The van der Waals surface area contributed by atoms with E-state index in [0.717, 1.165) is 12.8 Å². The Balaban J connectivity index is 1.85. The molecule has 0 aromatic heterocycles. The Bertz CT molecular complexity index is 387. The molecule has 2 bridgehead atoms. The second-order valence-electron chi connectivity index (χ2n) is 7.87. The van der Waals surface area contributed by atoms with Crippen LogP contribution in [0.25, 0.3) is 0 Å². The van der Waals surface area contributed by atoms with Gasteiger partial charge in [0.25, 0.3) is 0 Å². The van der Waals surface area contributed by atoms with E-state index in [0.29, 0.717) is 29.6 Å². The number of ether oxygens (including phenoxy) is 1. The summed E-state index contributed by atoms with van der Waals surface area (Å²) in [6.07, 6.45) is 7.51. The van der Waals surface area contributed by atoms with Crippen molar-refractivity contribution in [3.8, 4) is 0 Å². The van der Waals surface area contributed by atoms with Crippen molar-refractivity contribution in [3.63, 3.8) is 0 Å². The van der Waals surface area contributed by atoms with Crippen molar-refractivity contribution < 1.29 is 9.53 Å². The van der Waals surface area contributed by atoms with E-state index in [1.807, 2.05) is 7.11 Å². The molecule has 0 aromatic rings. The van der Waals surface area contributed by atoms with E-state index in [1.54, 1.807) is 0 Å². The summed E-state index contributed by atoms with van der Waals surface area (Å²) in [5.74, 6) is 2.10. The third kappa shape index (κ3) is 1.68. The van der Waals surface area contributed by atoms with Gasteiger partial charge in [-0.3, -0.25) is 4.79 Å². The molecule has 108 valence electrons. The first-order chi connectivity index (χ1) is 8.91. The quantitative estimate of drug-likeness (QED) is 0.757. The first kappa shape index (κ1) is 13.6. The summed E-state index contributed by atoms with van der Waals surface area (Å²) in [5, 5.41) is 0. The number of methoxy groups -OCH3 is 1. The number of hydrogen-bond donors (Lipinski definition) is 0. The van der Waals surface area contributed by atoms with E-state index < -0.39 is 0 Å². The molecule has 3 aliphatic carbocycles. The van der Waals surface area contributed by atoms with Crippen LogP contribution in [-0.2, 0) is 9.53 Å². The number of fused-ring (bicyclic) bond motifs is 2. The van der Waals surface area contributed by atoms with E-state index >= 15 is 0 Å². The molecule has 0 saturated heterocycles. The molecule has 0 heterocycles. The molecule has 0 radical (unpaired) electrons. The van der Waals surface area contributed by atoms with Gasteiger partial charge in [-0.25, -0.2) is 0 Å². The van der Waals surface area contributed by atoms with Crippen molar-refractivity contribution in [2.45, 2.75) is 65.4 Å². The number of carbonyl (C=O) groups is 1. The predicted molar refractivity (Wildman–Crippen MR) is 75.9 cm³/mol. The minimum absolute atomic E-state index is 0.0532. The fourth-order valence-electron chi connectivity index (χ4n) is 5.42. The molecule has 3 aliphatic rings. The summed E-state index contributed by atoms with van der Waals surface area (Å²) >= 11 is 0. The Kier molecular flexibility index (Phi) is 3.09. The van der Waals surface area contributed by atoms with Crippen LogP contribution in [-0.4, -0.2) is 19.0 Å². The fraction of sp³-hybridized carbons (Fsp3) is 0.941. The SMILES string of the molecule is COC1CCC[C@H](C2C(=O)C3(C)CCC2C3(C)C)C1. The lowest BCUT2D eigenvalue weighted by molar-refractivity contribution is -0.134. The molecule has 5 atom stereocenters. The molecule has 19 heavy (non-hydrogen) atoms. The van der Waals surface area contributed by atoms with Gasteiger partial charge in [-0.05, 0) is 49.4 Å². The van der Waals surface area contributed by atoms with Gasteiger partial charge in [0.05, 0.1) is 6.10 Å². The standard InChI is InChI=1S/C17H28O2/c1-16(2)13-8-9-17(16,3)15(18)14(13)11-6-5-7-12(10-11)19-4/h11-14H,5-10H2,1-4H3/t11-,12?,13?,14?,17?/m0/s1. The Morgan fingerprint density at radius 2 is 1.89 bits per heavy atom. The van der Waals surface area contributed by atoms with Gasteiger partial charge in [-0.15, -0.1) is 0 Å². The van der Waals surface area contributed by atoms with Gasteiger partial charge < -0.3 is 4.74 Å². The van der Waals surface area contributed by atoms with Crippen LogP contribution in [0.1, 0.15) is 59.3 Å². The molecular weight excluding hydrogens is 236 g/mol. The van der Waals surface area contributed by atoms with Crippen LogP contribution in [0, 0.1) is 28.6 Å². The Morgan fingerprint density at radius 1 is 1.16 bits per heavy atom. The number of Topliss-reactive ketones (excluding diaryl/α,β-unsaturated/α-hetero) is 1. The van der Waals surface area contributed by atoms with Crippen LogP contribution in [0.5, 0.6) is 0 Å². The third-order valence-corrected chi connectivity index (χ3v) is 7.09. The molecule has 2 heteroatoms. The minimum atomic E-state index is -0.0532. The predicted octanol–water partition coefficient (Wildman–Crippen LogP) is 3.83. The zero-order chi connectivity index (χ0) is 13.8. The zero-order valence-corrected chi connectivity index (χ0v) is 12.9. The lowest BCUT2D eigenvalue weighted by Gasteiger charge is -2.36. The molecule has 0 amide bonds. The van der Waals surface area contributed by atoms with Crippen LogP contribution in [0.3, 0.4) is 0 Å². The second-order valence-corrected chi connectivity index (χ2v) is 7.87. The molecule has 0 aromatic carbocycles. The van der Waals surface area contributed by atoms with E-state index in [9.17, 15) is 4.79 Å². The maximum Gasteiger partial charge on any atom is 0.142 e. The van der Waals surface area contributed by atoms with Crippen molar-refractivity contribution in [1.82, 2.24) is 0 Å². The number of carbonyl (C=O) groups excluding carboxylic acids is 1. The van der Waals surface area contributed by atoms with Crippen LogP contribution >= 0.6 is 0 Å². The topological polar surface area (TPSA) is 26.3 Å². The van der Waals surface area contributed by atoms with E-state index in [4.69, 9.17) is 4.74 Å². The first-order valence-electron chi connectivity index (χ1n) is 7.99. The number of ketones is 1. The van der Waals surface area contributed by atoms with Crippen molar-refractivity contribution >= 4 is 5.78 Å². The number of hydrogen-bond acceptors (Lipinski definition) is 2. The Labute approximate surface area is 117 Å². The smallest absolute Gasteiger partial charge is 0.142 e. The maximum absolute atomic E-state index is 13.0. The molecule has 0 aliphatic heterocycles. The first-order valence-corrected chi connectivity index (χ1v) is 7.99. The molecule has 3 saturated carbocycles. The van der Waals surface area contributed by atoms with Crippen LogP contribution < -0.4 is 0 Å². The monoisotopic (exact) mass is 264 g/mol. The van der Waals surface area contributed by atoms with Crippen molar-refractivity contribution in [2.75, 3.05) is 7.11 Å². The van der Waals surface area contributed by atoms with E-state index in [-0.39, 0.29) is 10.8 Å². The molecule has 3 fully saturated rings. The summed E-state index contributed by atoms with van der Waals surface area (Å²) in [6, 6.07) is 0. The van der Waals surface area contributed by atoms with Crippen molar-refractivity contribution in [3.05, 3.63) is 0 Å². The van der Waals surface area contributed by atoms with E-state index in [1.165, 1.54) is 25.7 Å². The fourth-order valence-corrected chi connectivity index (χ4v) is 5.42. The molecule has 0 spiro atoms. The highest BCUT2D eigenvalue weighted by Crippen LogP contribution is 2.67. The maximum atomic E-state index is 13.0. The normalized spacial score (nSPS) is 48.7. The molecule has 2 nitrogen and oxygen atoms in total. The van der Waals surface area contributed by atoms with Crippen molar-refractivity contribution in [1.29, 1.82) is 0 Å². The van der Waals surface area contributed by atoms with Gasteiger partial charge in [0, 0.05) is 18.4 Å². The van der Waals surface area contributed by atoms with Crippen LogP contribution in [0.4, 0.5) is 0 Å². The average molecular weight is 264 g/mol. The summed E-state index contributed by atoms with van der Waals surface area (Å²) in [5.41, 5.74) is 0.150. The van der Waals surface area contributed by atoms with Crippen LogP contribution in [0.2, 0.25) is 0 Å². The van der Waals surface area contributed by atoms with Crippen molar-refractivity contribution in [2.24, 2.45) is 28.6 Å². The van der Waals surface area contributed by atoms with Gasteiger partial charge >= 0.3 is 0 Å². The molecule has 0 N–H and O–H groups in total. The van der Waals surface area contributed by atoms with Gasteiger partial charge in [0.15, 0.2) is 0 Å². The molecular formula is C17H28O2. The van der Waals surface area contributed by atoms with Gasteiger partial charge in [0.2, 0.25) is 0 Å². The average Bonchev–Trinajstić information content (AvgIpc) is 2.71. The highest BCUT2D eigenvalue weighted by Gasteiger charge is 2.67. The van der Waals surface area contributed by atoms with Gasteiger partial charge in [0.1, 0.15) is 5.78 Å². The largest absolute Gasteiger partial charge is 0.381 e. The highest BCUT2D eigenvalue weighted by atomic mass is 16.5. The van der Waals surface area contributed by atoms with Gasteiger partial charge in [-0.2, -0.15) is 0 Å². The van der Waals surface area contributed by atoms with Gasteiger partial charge in [-0.1, -0.05) is 27.2 Å². The molecule has 4 unspecified atom stereocenters. The van der Waals surface area contributed by atoms with Crippen LogP contribution in [0.15, 0.2) is 0 Å². The third-order valence-electron chi connectivity index (χ3n) is 7.09. The Morgan fingerprint density at radius 3 is 2.47 bits per heavy atom. The summed E-state index contributed by atoms with van der Waals surface area (Å²) in [4.78, 5) is 13.0. The Hall–Kier alpha value is -0.370. The lowest BCUT2D eigenvalue weighted by atomic mass is 9.69. The summed E-state index contributed by atoms with van der Waals surface area (Å²) in [7, 11) is 1.82. The second kappa shape index (κ2) is 4.31. The highest BCUT2D eigenvalue weighted by molar-refractivity contribution is 5.91. The molecule has 3 rings (SSSR count). The van der Waals surface area contributed by atoms with E-state index in [2.05, 4.69) is 20.8 Å². The minimum Gasteiger partial charge on any atom is -0.381 e.